The number of amides is 2. The van der Waals surface area contributed by atoms with Crippen LogP contribution in [0.25, 0.3) is 6.08 Å². The zero-order valence-corrected chi connectivity index (χ0v) is 21.6. The predicted molar refractivity (Wildman–Crippen MR) is 144 cm³/mol. The van der Waals surface area contributed by atoms with Crippen molar-refractivity contribution in [1.82, 2.24) is 4.90 Å². The van der Waals surface area contributed by atoms with Gasteiger partial charge in [0.05, 0.1) is 30.4 Å². The van der Waals surface area contributed by atoms with Crippen LogP contribution in [0.1, 0.15) is 34.3 Å². The standard InChI is InChI=1S/C30H27FN2O4S/c31-24-9-6-22(7-10-24)20-33-25-19-23(28(34)32-14-12-30(13-15-32)36-16-17-37-30)8-11-26(25)38-27(29(33)35)18-21-4-2-1-3-5-21/h1-11,18-19H,12-17,20H2/b27-18-. The molecule has 2 saturated heterocycles. The Morgan fingerprint density at radius 1 is 0.974 bits per heavy atom. The van der Waals surface area contributed by atoms with Crippen LogP contribution >= 0.6 is 11.8 Å². The number of carbonyl (C=O) groups is 2. The number of thioether (sulfide) groups is 1. The summed E-state index contributed by atoms with van der Waals surface area (Å²) in [5.74, 6) is -1.12. The molecule has 8 heteroatoms. The molecule has 0 atom stereocenters. The predicted octanol–water partition coefficient (Wildman–Crippen LogP) is 5.48. The number of nitrogens with zero attached hydrogens (tertiary/aromatic N) is 2. The Labute approximate surface area is 225 Å². The summed E-state index contributed by atoms with van der Waals surface area (Å²) in [6, 6.07) is 21.4. The van der Waals surface area contributed by atoms with Gasteiger partial charge in [-0.1, -0.05) is 54.2 Å². The van der Waals surface area contributed by atoms with E-state index < -0.39 is 5.79 Å². The molecule has 0 aliphatic carbocycles. The van der Waals surface area contributed by atoms with Crippen molar-refractivity contribution < 1.29 is 23.5 Å². The molecule has 6 nitrogen and oxygen atoms in total. The average molecular weight is 531 g/mol. The first-order chi connectivity index (χ1) is 18.5. The molecule has 3 aromatic rings. The first-order valence-electron chi connectivity index (χ1n) is 12.7. The summed E-state index contributed by atoms with van der Waals surface area (Å²) in [6.07, 6.45) is 3.16. The molecule has 2 fully saturated rings. The van der Waals surface area contributed by atoms with Crippen molar-refractivity contribution in [1.29, 1.82) is 0 Å². The van der Waals surface area contributed by atoms with E-state index in [2.05, 4.69) is 0 Å². The second-order valence-electron chi connectivity index (χ2n) is 9.62. The molecule has 0 aromatic heterocycles. The van der Waals surface area contributed by atoms with E-state index in [4.69, 9.17) is 9.47 Å². The third kappa shape index (κ3) is 4.99. The molecule has 0 N–H and O–H groups in total. The van der Waals surface area contributed by atoms with Gasteiger partial charge in [-0.05, 0) is 47.5 Å². The smallest absolute Gasteiger partial charge is 0.265 e. The number of anilines is 1. The highest BCUT2D eigenvalue weighted by Gasteiger charge is 2.41. The minimum atomic E-state index is -0.552. The Morgan fingerprint density at radius 2 is 1.68 bits per heavy atom. The summed E-state index contributed by atoms with van der Waals surface area (Å²) in [5.41, 5.74) is 2.93. The molecule has 3 aromatic carbocycles. The molecule has 3 aliphatic rings. The number of likely N-dealkylation sites (tertiary alicyclic amines) is 1. The van der Waals surface area contributed by atoms with E-state index in [-0.39, 0.29) is 24.2 Å². The Balaban J connectivity index is 1.30. The fourth-order valence-electron chi connectivity index (χ4n) is 5.09. The molecular formula is C30H27FN2O4S. The normalized spacial score (nSPS) is 19.7. The third-order valence-electron chi connectivity index (χ3n) is 7.15. The van der Waals surface area contributed by atoms with E-state index in [1.54, 1.807) is 23.1 Å². The van der Waals surface area contributed by atoms with Crippen molar-refractivity contribution in [3.8, 4) is 0 Å². The molecule has 3 heterocycles. The van der Waals surface area contributed by atoms with Gasteiger partial charge >= 0.3 is 0 Å². The molecule has 194 valence electrons. The second-order valence-corrected chi connectivity index (χ2v) is 10.7. The van der Waals surface area contributed by atoms with E-state index in [1.165, 1.54) is 23.9 Å². The van der Waals surface area contributed by atoms with Gasteiger partial charge in [-0.15, -0.1) is 0 Å². The number of hydrogen-bond donors (Lipinski definition) is 0. The lowest BCUT2D eigenvalue weighted by Gasteiger charge is -2.37. The van der Waals surface area contributed by atoms with Gasteiger partial charge in [-0.2, -0.15) is 0 Å². The van der Waals surface area contributed by atoms with Gasteiger partial charge in [0.25, 0.3) is 11.8 Å². The summed E-state index contributed by atoms with van der Waals surface area (Å²) in [5, 5.41) is 0. The minimum absolute atomic E-state index is 0.0783. The number of hydrogen-bond acceptors (Lipinski definition) is 5. The Morgan fingerprint density at radius 3 is 2.39 bits per heavy atom. The molecular weight excluding hydrogens is 503 g/mol. The quantitative estimate of drug-likeness (QED) is 0.418. The maximum Gasteiger partial charge on any atom is 0.265 e. The monoisotopic (exact) mass is 530 g/mol. The molecule has 6 rings (SSSR count). The molecule has 0 bridgehead atoms. The first-order valence-corrected chi connectivity index (χ1v) is 13.5. The van der Waals surface area contributed by atoms with Crippen LogP contribution in [0.3, 0.4) is 0 Å². The van der Waals surface area contributed by atoms with Gasteiger partial charge in [-0.3, -0.25) is 9.59 Å². The van der Waals surface area contributed by atoms with Crippen LogP contribution in [0.2, 0.25) is 0 Å². The van der Waals surface area contributed by atoms with Crippen molar-refractivity contribution in [3.05, 3.63) is 100 Å². The zero-order chi connectivity index (χ0) is 26.1. The van der Waals surface area contributed by atoms with E-state index in [1.807, 2.05) is 53.4 Å². The fourth-order valence-corrected chi connectivity index (χ4v) is 6.13. The van der Waals surface area contributed by atoms with Crippen LogP contribution in [-0.4, -0.2) is 48.8 Å². The molecule has 2 amide bonds. The highest BCUT2D eigenvalue weighted by atomic mass is 32.2. The average Bonchev–Trinajstić information content (AvgIpc) is 3.40. The van der Waals surface area contributed by atoms with Crippen LogP contribution in [0, 0.1) is 5.82 Å². The molecule has 3 aliphatic heterocycles. The van der Waals surface area contributed by atoms with Gasteiger partial charge < -0.3 is 19.3 Å². The van der Waals surface area contributed by atoms with Gasteiger partial charge in [0, 0.05) is 36.4 Å². The Kier molecular flexibility index (Phi) is 6.78. The van der Waals surface area contributed by atoms with Crippen LogP contribution in [-0.2, 0) is 20.8 Å². The summed E-state index contributed by atoms with van der Waals surface area (Å²) in [6.45, 7) is 2.54. The molecule has 0 unspecified atom stereocenters. The topological polar surface area (TPSA) is 59.1 Å². The highest BCUT2D eigenvalue weighted by Crippen LogP contribution is 2.43. The van der Waals surface area contributed by atoms with Crippen LogP contribution < -0.4 is 4.90 Å². The Hall–Kier alpha value is -3.46. The lowest BCUT2D eigenvalue weighted by atomic mass is 10.0. The molecule has 38 heavy (non-hydrogen) atoms. The number of halogens is 1. The lowest BCUT2D eigenvalue weighted by Crippen LogP contribution is -2.47. The first kappa shape index (κ1) is 24.9. The third-order valence-corrected chi connectivity index (χ3v) is 8.23. The van der Waals surface area contributed by atoms with Crippen LogP contribution in [0.5, 0.6) is 0 Å². The number of piperidine rings is 1. The van der Waals surface area contributed by atoms with E-state index in [0.717, 1.165) is 16.0 Å². The summed E-state index contributed by atoms with van der Waals surface area (Å²) < 4.78 is 25.1. The number of ether oxygens (including phenoxy) is 2. The zero-order valence-electron chi connectivity index (χ0n) is 20.8. The van der Waals surface area contributed by atoms with Crippen LogP contribution in [0.4, 0.5) is 10.1 Å². The number of carbonyl (C=O) groups excluding carboxylic acids is 2. The minimum Gasteiger partial charge on any atom is -0.347 e. The Bertz CT molecular complexity index is 1380. The fraction of sp³-hybridized carbons (Fsp3) is 0.267. The van der Waals surface area contributed by atoms with Crippen molar-refractivity contribution in [3.63, 3.8) is 0 Å². The summed E-state index contributed by atoms with van der Waals surface area (Å²) in [7, 11) is 0. The van der Waals surface area contributed by atoms with Gasteiger partial charge in [-0.25, -0.2) is 4.39 Å². The number of rotatable bonds is 4. The molecule has 1 spiro atoms. The summed E-state index contributed by atoms with van der Waals surface area (Å²) >= 11 is 1.40. The van der Waals surface area contributed by atoms with E-state index >= 15 is 0 Å². The molecule has 0 saturated carbocycles. The maximum absolute atomic E-state index is 13.7. The van der Waals surface area contributed by atoms with E-state index in [9.17, 15) is 14.0 Å². The maximum atomic E-state index is 13.7. The van der Waals surface area contributed by atoms with Crippen molar-refractivity contribution in [2.75, 3.05) is 31.2 Å². The van der Waals surface area contributed by atoms with Gasteiger partial charge in [0.1, 0.15) is 5.82 Å². The van der Waals surface area contributed by atoms with E-state index in [0.29, 0.717) is 55.3 Å². The molecule has 0 radical (unpaired) electrons. The lowest BCUT2D eigenvalue weighted by molar-refractivity contribution is -0.181. The van der Waals surface area contributed by atoms with Crippen LogP contribution in [0.15, 0.2) is 82.6 Å². The number of fused-ring (bicyclic) bond motifs is 1. The number of benzene rings is 3. The second kappa shape index (κ2) is 10.4. The van der Waals surface area contributed by atoms with Crippen molar-refractivity contribution in [2.24, 2.45) is 0 Å². The van der Waals surface area contributed by atoms with Crippen molar-refractivity contribution >= 4 is 35.3 Å². The van der Waals surface area contributed by atoms with Crippen molar-refractivity contribution in [2.45, 2.75) is 30.1 Å². The SMILES string of the molecule is O=C(c1ccc2c(c1)N(Cc1ccc(F)cc1)C(=O)/C(=C/c1ccccc1)S2)N1CCC2(CC1)OCCO2. The highest BCUT2D eigenvalue weighted by molar-refractivity contribution is 8.04. The van der Waals surface area contributed by atoms with Gasteiger partial charge in [0.2, 0.25) is 0 Å². The largest absolute Gasteiger partial charge is 0.347 e. The van der Waals surface area contributed by atoms with Gasteiger partial charge in [0.15, 0.2) is 5.79 Å². The summed E-state index contributed by atoms with van der Waals surface area (Å²) in [4.78, 5) is 32.2.